The lowest BCUT2D eigenvalue weighted by molar-refractivity contribution is -0.163. The fraction of sp³-hybridized carbons (Fsp3) is 0.782. The average molecular weight is 839 g/mol. The topological polar surface area (TPSA) is 61.8 Å². The van der Waals surface area contributed by atoms with Gasteiger partial charge in [-0.05, 0) is 83.5 Å². The molecule has 0 spiro atoms. The molecule has 0 amide bonds. The molecule has 0 saturated heterocycles. The van der Waals surface area contributed by atoms with E-state index in [0.717, 1.165) is 83.5 Å². The summed E-state index contributed by atoms with van der Waals surface area (Å²) in [6.45, 7) is 7.67. The highest BCUT2D eigenvalue weighted by Gasteiger charge is 2.17. The second kappa shape index (κ2) is 51.0. The van der Waals surface area contributed by atoms with Crippen molar-refractivity contribution in [3.8, 4) is 0 Å². The molecule has 1 atom stereocenters. The number of hydrogen-bond acceptors (Lipinski definition) is 5. The summed E-state index contributed by atoms with van der Waals surface area (Å²) >= 11 is 0. The summed E-state index contributed by atoms with van der Waals surface area (Å²) in [6.07, 6.45) is 63.9. The Bertz CT molecular complexity index is 1040. The van der Waals surface area contributed by atoms with Crippen LogP contribution in [0, 0.1) is 0 Å². The Labute approximate surface area is 373 Å². The summed E-state index contributed by atoms with van der Waals surface area (Å²) in [6, 6.07) is 0. The maximum atomic E-state index is 12.7. The van der Waals surface area contributed by atoms with Crippen LogP contribution in [0.4, 0.5) is 0 Å². The van der Waals surface area contributed by atoms with Crippen LogP contribution in [0.1, 0.15) is 252 Å². The number of carbonyl (C=O) groups excluding carboxylic acids is 2. The van der Waals surface area contributed by atoms with Crippen LogP contribution in [0.25, 0.3) is 0 Å². The molecule has 1 unspecified atom stereocenters. The second-order valence-electron chi connectivity index (χ2n) is 17.0. The zero-order valence-electron chi connectivity index (χ0n) is 40.0. The molecular weight excluding hydrogens is 741 g/mol. The SMILES string of the molecule is CC/C=C\C/C=C\C/C=C\C/C=C\CCCCCCC(=O)OCC(COCCCCCCCCCCCC/C=C\CCCCCCCC)OC(=O)CCCCCCCCC. The van der Waals surface area contributed by atoms with Gasteiger partial charge in [0.15, 0.2) is 6.10 Å². The van der Waals surface area contributed by atoms with Crippen molar-refractivity contribution in [2.45, 2.75) is 258 Å². The molecule has 0 aromatic carbocycles. The molecule has 5 heteroatoms. The van der Waals surface area contributed by atoms with E-state index in [1.54, 1.807) is 0 Å². The van der Waals surface area contributed by atoms with Gasteiger partial charge < -0.3 is 14.2 Å². The minimum atomic E-state index is -0.543. The van der Waals surface area contributed by atoms with Gasteiger partial charge in [-0.15, -0.1) is 0 Å². The lowest BCUT2D eigenvalue weighted by Gasteiger charge is -2.18. The van der Waals surface area contributed by atoms with Gasteiger partial charge in [0.25, 0.3) is 0 Å². The van der Waals surface area contributed by atoms with Gasteiger partial charge in [0.05, 0.1) is 6.61 Å². The number of allylic oxidation sites excluding steroid dienone is 10. The Kier molecular flexibility index (Phi) is 48.9. The van der Waals surface area contributed by atoms with Crippen LogP contribution in [0.3, 0.4) is 0 Å². The van der Waals surface area contributed by atoms with Gasteiger partial charge in [-0.1, -0.05) is 216 Å². The first-order valence-electron chi connectivity index (χ1n) is 25.8. The zero-order chi connectivity index (χ0) is 43.5. The van der Waals surface area contributed by atoms with Crippen molar-refractivity contribution >= 4 is 11.9 Å². The first-order chi connectivity index (χ1) is 29.6. The van der Waals surface area contributed by atoms with Crippen molar-refractivity contribution in [3.63, 3.8) is 0 Å². The van der Waals surface area contributed by atoms with E-state index in [1.165, 1.54) is 135 Å². The Morgan fingerprint density at radius 1 is 0.383 bits per heavy atom. The first-order valence-corrected chi connectivity index (χ1v) is 25.8. The zero-order valence-corrected chi connectivity index (χ0v) is 40.0. The lowest BCUT2D eigenvalue weighted by atomic mass is 10.1. The molecule has 0 fully saturated rings. The average Bonchev–Trinajstić information content (AvgIpc) is 3.25. The molecule has 0 aromatic heterocycles. The third-order valence-corrected chi connectivity index (χ3v) is 11.0. The third-order valence-electron chi connectivity index (χ3n) is 11.0. The van der Waals surface area contributed by atoms with Crippen LogP contribution in [-0.2, 0) is 23.8 Å². The van der Waals surface area contributed by atoms with E-state index in [4.69, 9.17) is 14.2 Å². The molecule has 0 aromatic rings. The van der Waals surface area contributed by atoms with Crippen molar-refractivity contribution in [2.24, 2.45) is 0 Å². The monoisotopic (exact) mass is 839 g/mol. The molecule has 60 heavy (non-hydrogen) atoms. The summed E-state index contributed by atoms with van der Waals surface area (Å²) < 4.78 is 17.3. The van der Waals surface area contributed by atoms with Gasteiger partial charge >= 0.3 is 11.9 Å². The maximum absolute atomic E-state index is 12.7. The molecule has 0 aliphatic heterocycles. The van der Waals surface area contributed by atoms with Crippen LogP contribution in [0.5, 0.6) is 0 Å². The van der Waals surface area contributed by atoms with Gasteiger partial charge in [-0.25, -0.2) is 0 Å². The van der Waals surface area contributed by atoms with Gasteiger partial charge in [-0.2, -0.15) is 0 Å². The van der Waals surface area contributed by atoms with E-state index >= 15 is 0 Å². The van der Waals surface area contributed by atoms with E-state index < -0.39 is 6.10 Å². The van der Waals surface area contributed by atoms with Gasteiger partial charge in [0.1, 0.15) is 6.61 Å². The summed E-state index contributed by atoms with van der Waals surface area (Å²) in [7, 11) is 0. The number of hydrogen-bond donors (Lipinski definition) is 0. The molecule has 5 nitrogen and oxygen atoms in total. The quantitative estimate of drug-likeness (QED) is 0.0347. The standard InChI is InChI=1S/C55H98O5/c1-4-7-10-13-16-18-20-22-24-26-27-28-30-32-34-36-38-41-44-47-50-58-51-53(60-55(57)49-46-43-39-15-12-9-6-3)52-59-54(56)48-45-42-40-37-35-33-31-29-25-23-21-19-17-14-11-8-5-2/h8,11,17,19,22-25,31,33,53H,4-7,9-10,12-16,18,20-21,26-30,32,34-52H2,1-3H3/b11-8-,19-17-,24-22-,25-23-,33-31-. The normalized spacial score (nSPS) is 12.7. The predicted molar refractivity (Wildman–Crippen MR) is 261 cm³/mol. The molecule has 0 N–H and O–H groups in total. The van der Waals surface area contributed by atoms with Crippen LogP contribution < -0.4 is 0 Å². The molecule has 0 rings (SSSR count). The van der Waals surface area contributed by atoms with Crippen LogP contribution in [0.2, 0.25) is 0 Å². The molecule has 0 saturated carbocycles. The lowest BCUT2D eigenvalue weighted by Crippen LogP contribution is -2.30. The highest BCUT2D eigenvalue weighted by atomic mass is 16.6. The highest BCUT2D eigenvalue weighted by molar-refractivity contribution is 5.70. The van der Waals surface area contributed by atoms with E-state index in [0.29, 0.717) is 19.4 Å². The smallest absolute Gasteiger partial charge is 0.306 e. The Morgan fingerprint density at radius 3 is 1.22 bits per heavy atom. The summed E-state index contributed by atoms with van der Waals surface area (Å²) in [5.74, 6) is -0.426. The van der Waals surface area contributed by atoms with E-state index in [1.807, 2.05) is 0 Å². The van der Waals surface area contributed by atoms with Crippen LogP contribution in [0.15, 0.2) is 60.8 Å². The number of carbonyl (C=O) groups is 2. The molecular formula is C55H98O5. The molecule has 0 aliphatic rings. The first kappa shape index (κ1) is 57.6. The highest BCUT2D eigenvalue weighted by Crippen LogP contribution is 2.14. The Morgan fingerprint density at radius 2 is 0.750 bits per heavy atom. The van der Waals surface area contributed by atoms with Gasteiger partial charge in [-0.3, -0.25) is 9.59 Å². The molecule has 0 heterocycles. The number of ether oxygens (including phenoxy) is 3. The number of unbranched alkanes of at least 4 members (excludes halogenated alkanes) is 26. The summed E-state index contributed by atoms with van der Waals surface area (Å²) in [5.41, 5.74) is 0. The molecule has 0 radical (unpaired) electrons. The van der Waals surface area contributed by atoms with Crippen molar-refractivity contribution in [2.75, 3.05) is 19.8 Å². The summed E-state index contributed by atoms with van der Waals surface area (Å²) in [5, 5.41) is 0. The fourth-order valence-electron chi connectivity index (χ4n) is 7.20. The fourth-order valence-corrected chi connectivity index (χ4v) is 7.20. The summed E-state index contributed by atoms with van der Waals surface area (Å²) in [4.78, 5) is 25.2. The largest absolute Gasteiger partial charge is 0.462 e. The van der Waals surface area contributed by atoms with Gasteiger partial charge in [0, 0.05) is 19.4 Å². The Hall–Kier alpha value is -2.40. The third kappa shape index (κ3) is 48.3. The van der Waals surface area contributed by atoms with Gasteiger partial charge in [0.2, 0.25) is 0 Å². The van der Waals surface area contributed by atoms with E-state index in [2.05, 4.69) is 81.5 Å². The second-order valence-corrected chi connectivity index (χ2v) is 17.0. The predicted octanol–water partition coefficient (Wildman–Crippen LogP) is 17.3. The van der Waals surface area contributed by atoms with E-state index in [9.17, 15) is 9.59 Å². The number of rotatable bonds is 47. The minimum Gasteiger partial charge on any atom is -0.462 e. The number of esters is 2. The van der Waals surface area contributed by atoms with Crippen LogP contribution in [-0.4, -0.2) is 37.9 Å². The van der Waals surface area contributed by atoms with Crippen molar-refractivity contribution in [3.05, 3.63) is 60.8 Å². The van der Waals surface area contributed by atoms with Crippen molar-refractivity contribution in [1.29, 1.82) is 0 Å². The molecule has 0 aliphatic carbocycles. The Balaban J connectivity index is 4.12. The van der Waals surface area contributed by atoms with Crippen molar-refractivity contribution in [1.82, 2.24) is 0 Å². The van der Waals surface area contributed by atoms with Crippen LogP contribution >= 0.6 is 0 Å². The molecule has 348 valence electrons. The van der Waals surface area contributed by atoms with E-state index in [-0.39, 0.29) is 25.2 Å². The van der Waals surface area contributed by atoms with Crippen molar-refractivity contribution < 1.29 is 23.8 Å². The minimum absolute atomic E-state index is 0.0728. The molecule has 0 bridgehead atoms. The maximum Gasteiger partial charge on any atom is 0.306 e.